The van der Waals surface area contributed by atoms with E-state index in [0.29, 0.717) is 6.42 Å². The van der Waals surface area contributed by atoms with Crippen LogP contribution in [-0.4, -0.2) is 18.6 Å². The summed E-state index contributed by atoms with van der Waals surface area (Å²) in [6.07, 6.45) is 4.64. The lowest BCUT2D eigenvalue weighted by Gasteiger charge is -2.37. The van der Waals surface area contributed by atoms with Crippen molar-refractivity contribution in [2.45, 2.75) is 45.1 Å². The third-order valence-electron chi connectivity index (χ3n) is 4.03. The Bertz CT molecular complexity index is 328. The molecule has 88 valence electrons. The predicted molar refractivity (Wildman–Crippen MR) is 58.6 cm³/mol. The zero-order valence-corrected chi connectivity index (χ0v) is 9.56. The molecule has 1 unspecified atom stereocenters. The first-order chi connectivity index (χ1) is 7.66. The molecule has 0 amide bonds. The molecular formula is C11H17N3O2. The number of nitrogens with zero attached hydrogens (tertiary/aromatic N) is 3. The number of carbonyl (C=O) groups is 1. The standard InChI is InChI=1S/C11H17N3O2/c1-8-2-4-11(5-3-8)6-10(15)16-9(11)7-13-14-12/h8-9H,2-7H2,1H3. The van der Waals surface area contributed by atoms with E-state index < -0.39 is 0 Å². The molecule has 1 spiro atoms. The van der Waals surface area contributed by atoms with Crippen molar-refractivity contribution in [2.75, 3.05) is 6.54 Å². The van der Waals surface area contributed by atoms with Gasteiger partial charge in [0.2, 0.25) is 0 Å². The smallest absolute Gasteiger partial charge is 0.306 e. The van der Waals surface area contributed by atoms with E-state index in [1.54, 1.807) is 0 Å². The van der Waals surface area contributed by atoms with Crippen molar-refractivity contribution in [1.29, 1.82) is 0 Å². The quantitative estimate of drug-likeness (QED) is 0.312. The second kappa shape index (κ2) is 4.34. The van der Waals surface area contributed by atoms with Gasteiger partial charge in [-0.15, -0.1) is 0 Å². The van der Waals surface area contributed by atoms with Gasteiger partial charge in [0.15, 0.2) is 0 Å². The van der Waals surface area contributed by atoms with E-state index in [0.717, 1.165) is 31.6 Å². The average Bonchev–Trinajstić information content (AvgIpc) is 2.57. The van der Waals surface area contributed by atoms with Crippen molar-refractivity contribution >= 4 is 5.97 Å². The van der Waals surface area contributed by atoms with Crippen molar-refractivity contribution in [3.05, 3.63) is 10.4 Å². The van der Waals surface area contributed by atoms with Crippen LogP contribution in [-0.2, 0) is 9.53 Å². The molecule has 2 rings (SSSR count). The van der Waals surface area contributed by atoms with Crippen LogP contribution < -0.4 is 0 Å². The van der Waals surface area contributed by atoms with Gasteiger partial charge in [0, 0.05) is 10.3 Å². The van der Waals surface area contributed by atoms with Gasteiger partial charge in [-0.2, -0.15) is 0 Å². The van der Waals surface area contributed by atoms with Gasteiger partial charge in [0.1, 0.15) is 6.10 Å². The molecule has 1 aliphatic heterocycles. The van der Waals surface area contributed by atoms with Gasteiger partial charge in [0.05, 0.1) is 13.0 Å². The number of hydrogen-bond acceptors (Lipinski definition) is 3. The highest BCUT2D eigenvalue weighted by molar-refractivity contribution is 5.73. The highest BCUT2D eigenvalue weighted by atomic mass is 16.6. The monoisotopic (exact) mass is 223 g/mol. The van der Waals surface area contributed by atoms with Crippen LogP contribution in [0.2, 0.25) is 0 Å². The maximum Gasteiger partial charge on any atom is 0.306 e. The van der Waals surface area contributed by atoms with Gasteiger partial charge >= 0.3 is 5.97 Å². The SMILES string of the molecule is CC1CCC2(CC1)CC(=O)OC2CN=[N+]=[N-]. The lowest BCUT2D eigenvalue weighted by molar-refractivity contribution is -0.141. The minimum Gasteiger partial charge on any atom is -0.462 e. The molecule has 1 saturated heterocycles. The summed E-state index contributed by atoms with van der Waals surface area (Å²) in [6, 6.07) is 0. The van der Waals surface area contributed by atoms with Crippen LogP contribution in [0, 0.1) is 11.3 Å². The van der Waals surface area contributed by atoms with Gasteiger partial charge in [-0.05, 0) is 24.3 Å². The molecule has 0 aromatic heterocycles. The van der Waals surface area contributed by atoms with E-state index in [1.165, 1.54) is 0 Å². The van der Waals surface area contributed by atoms with Gasteiger partial charge in [-0.3, -0.25) is 4.79 Å². The van der Waals surface area contributed by atoms with Crippen molar-refractivity contribution in [3.8, 4) is 0 Å². The lowest BCUT2D eigenvalue weighted by atomic mass is 9.67. The molecule has 5 nitrogen and oxygen atoms in total. The highest BCUT2D eigenvalue weighted by Gasteiger charge is 2.49. The molecule has 0 N–H and O–H groups in total. The molecule has 0 bridgehead atoms. The first-order valence-corrected chi connectivity index (χ1v) is 5.87. The maximum atomic E-state index is 11.4. The van der Waals surface area contributed by atoms with E-state index in [9.17, 15) is 4.79 Å². The molecule has 2 aliphatic rings. The minimum absolute atomic E-state index is 0.0439. The van der Waals surface area contributed by atoms with Crippen LogP contribution in [0.15, 0.2) is 5.11 Å². The molecule has 16 heavy (non-hydrogen) atoms. The number of azide groups is 1. The van der Waals surface area contributed by atoms with Crippen molar-refractivity contribution in [1.82, 2.24) is 0 Å². The Morgan fingerprint density at radius 1 is 1.56 bits per heavy atom. The summed E-state index contributed by atoms with van der Waals surface area (Å²) in [4.78, 5) is 14.2. The van der Waals surface area contributed by atoms with Gasteiger partial charge < -0.3 is 4.74 Å². The van der Waals surface area contributed by atoms with E-state index >= 15 is 0 Å². The summed E-state index contributed by atoms with van der Waals surface area (Å²) in [5.74, 6) is 0.606. The van der Waals surface area contributed by atoms with Crippen molar-refractivity contribution < 1.29 is 9.53 Å². The maximum absolute atomic E-state index is 11.4. The number of rotatable bonds is 2. The zero-order valence-electron chi connectivity index (χ0n) is 9.56. The zero-order chi connectivity index (χ0) is 11.6. The van der Waals surface area contributed by atoms with Gasteiger partial charge in [-0.25, -0.2) is 0 Å². The fourth-order valence-electron chi connectivity index (χ4n) is 2.90. The Morgan fingerprint density at radius 2 is 2.25 bits per heavy atom. The summed E-state index contributed by atoms with van der Waals surface area (Å²) in [5.41, 5.74) is 8.30. The average molecular weight is 223 g/mol. The topological polar surface area (TPSA) is 75.1 Å². The largest absolute Gasteiger partial charge is 0.462 e. The Balaban J connectivity index is 2.10. The van der Waals surface area contributed by atoms with Crippen LogP contribution in [0.25, 0.3) is 10.4 Å². The molecule has 1 saturated carbocycles. The summed E-state index contributed by atoms with van der Waals surface area (Å²) in [6.45, 7) is 2.53. The Labute approximate surface area is 94.8 Å². The van der Waals surface area contributed by atoms with E-state index in [-0.39, 0.29) is 24.0 Å². The number of carbonyl (C=O) groups excluding carboxylic acids is 1. The molecule has 1 aliphatic carbocycles. The van der Waals surface area contributed by atoms with Crippen LogP contribution in [0.3, 0.4) is 0 Å². The van der Waals surface area contributed by atoms with Crippen molar-refractivity contribution in [2.24, 2.45) is 16.4 Å². The van der Waals surface area contributed by atoms with E-state index in [2.05, 4.69) is 16.9 Å². The molecule has 2 fully saturated rings. The molecule has 0 radical (unpaired) electrons. The summed E-state index contributed by atoms with van der Waals surface area (Å²) >= 11 is 0. The fraction of sp³-hybridized carbons (Fsp3) is 0.909. The molecule has 5 heteroatoms. The Kier molecular flexibility index (Phi) is 3.06. The molecule has 0 aromatic rings. The number of ether oxygens (including phenoxy) is 1. The summed E-state index contributed by atoms with van der Waals surface area (Å²) in [7, 11) is 0. The predicted octanol–water partition coefficient (Wildman–Crippen LogP) is 2.81. The highest BCUT2D eigenvalue weighted by Crippen LogP contribution is 2.48. The summed E-state index contributed by atoms with van der Waals surface area (Å²) < 4.78 is 5.29. The van der Waals surface area contributed by atoms with E-state index in [4.69, 9.17) is 10.3 Å². The van der Waals surface area contributed by atoms with Crippen LogP contribution >= 0.6 is 0 Å². The first kappa shape index (κ1) is 11.3. The molecule has 1 atom stereocenters. The lowest BCUT2D eigenvalue weighted by Crippen LogP contribution is -2.36. The third kappa shape index (κ3) is 2.00. The van der Waals surface area contributed by atoms with E-state index in [1.807, 2.05) is 0 Å². The van der Waals surface area contributed by atoms with Crippen LogP contribution in [0.5, 0.6) is 0 Å². The summed E-state index contributed by atoms with van der Waals surface area (Å²) in [5, 5.41) is 3.56. The third-order valence-corrected chi connectivity index (χ3v) is 4.03. The molecule has 1 heterocycles. The fourth-order valence-corrected chi connectivity index (χ4v) is 2.90. The second-order valence-corrected chi connectivity index (χ2v) is 5.11. The van der Waals surface area contributed by atoms with Crippen molar-refractivity contribution in [3.63, 3.8) is 0 Å². The normalized spacial score (nSPS) is 38.2. The minimum atomic E-state index is -0.191. The number of cyclic esters (lactones) is 1. The Morgan fingerprint density at radius 3 is 2.88 bits per heavy atom. The van der Waals surface area contributed by atoms with Gasteiger partial charge in [-0.1, -0.05) is 24.9 Å². The van der Waals surface area contributed by atoms with Crippen LogP contribution in [0.1, 0.15) is 39.0 Å². The van der Waals surface area contributed by atoms with Gasteiger partial charge in [0.25, 0.3) is 0 Å². The molecular weight excluding hydrogens is 206 g/mol. The Hall–Kier alpha value is -1.22. The first-order valence-electron chi connectivity index (χ1n) is 5.87. The molecule has 0 aromatic carbocycles. The van der Waals surface area contributed by atoms with Crippen LogP contribution in [0.4, 0.5) is 0 Å². The number of hydrogen-bond donors (Lipinski definition) is 0. The second-order valence-electron chi connectivity index (χ2n) is 5.11. The number of esters is 1.